The summed E-state index contributed by atoms with van der Waals surface area (Å²) in [6, 6.07) is 31.1. The zero-order valence-electron chi connectivity index (χ0n) is 18.6. The van der Waals surface area contributed by atoms with Gasteiger partial charge in [0.2, 0.25) is 0 Å². The number of para-hydroxylation sites is 1. The molecule has 5 heteroatoms. The SMILES string of the molecule is Cc1ccc(S(=O)(=O)N2CC3C(=C(c4ccccc4)c4cc(Cl)ccc43)c3ccccc32)cc1. The van der Waals surface area contributed by atoms with Crippen LogP contribution >= 0.6 is 11.6 Å². The quantitative estimate of drug-likeness (QED) is 0.317. The van der Waals surface area contributed by atoms with Crippen molar-refractivity contribution in [1.29, 1.82) is 0 Å². The lowest BCUT2D eigenvalue weighted by Crippen LogP contribution is -2.38. The molecule has 0 spiro atoms. The van der Waals surface area contributed by atoms with Gasteiger partial charge in [0.1, 0.15) is 0 Å². The van der Waals surface area contributed by atoms with Gasteiger partial charge in [0.15, 0.2) is 0 Å². The molecule has 1 aliphatic carbocycles. The van der Waals surface area contributed by atoms with Gasteiger partial charge >= 0.3 is 0 Å². The minimum Gasteiger partial charge on any atom is -0.265 e. The van der Waals surface area contributed by atoms with Crippen LogP contribution in [0.1, 0.15) is 33.7 Å². The summed E-state index contributed by atoms with van der Waals surface area (Å²) < 4.78 is 29.3. The third kappa shape index (κ3) is 3.21. The van der Waals surface area contributed by atoms with Gasteiger partial charge in [0, 0.05) is 23.0 Å². The summed E-state index contributed by atoms with van der Waals surface area (Å²) in [6.07, 6.45) is 0. The Labute approximate surface area is 205 Å². The number of halogens is 1. The number of nitrogens with zero attached hydrogens (tertiary/aromatic N) is 1. The van der Waals surface area contributed by atoms with Gasteiger partial charge in [-0.25, -0.2) is 8.42 Å². The largest absolute Gasteiger partial charge is 0.265 e. The van der Waals surface area contributed by atoms with Crippen LogP contribution in [0.3, 0.4) is 0 Å². The maximum absolute atomic E-state index is 13.9. The van der Waals surface area contributed by atoms with Crippen LogP contribution in [-0.2, 0) is 10.0 Å². The smallest absolute Gasteiger partial charge is 0.264 e. The van der Waals surface area contributed by atoms with E-state index in [2.05, 4.69) is 12.1 Å². The fraction of sp³-hybridized carbons (Fsp3) is 0.103. The van der Waals surface area contributed by atoms with E-state index >= 15 is 0 Å². The summed E-state index contributed by atoms with van der Waals surface area (Å²) in [5.41, 5.74) is 8.25. The van der Waals surface area contributed by atoms with Crippen molar-refractivity contribution in [2.75, 3.05) is 10.8 Å². The fourth-order valence-electron chi connectivity index (χ4n) is 5.20. The lowest BCUT2D eigenvalue weighted by molar-refractivity contribution is 0.588. The van der Waals surface area contributed by atoms with Crippen molar-refractivity contribution < 1.29 is 8.42 Å². The van der Waals surface area contributed by atoms with Gasteiger partial charge in [0.05, 0.1) is 10.6 Å². The molecule has 4 aromatic carbocycles. The highest BCUT2D eigenvalue weighted by Gasteiger charge is 2.42. The highest BCUT2D eigenvalue weighted by Crippen LogP contribution is 2.55. The normalized spacial score (nSPS) is 16.8. The number of benzene rings is 4. The third-order valence-electron chi connectivity index (χ3n) is 6.76. The van der Waals surface area contributed by atoms with Crippen LogP contribution in [0.15, 0.2) is 102 Å². The number of fused-ring (bicyclic) bond motifs is 5. The number of anilines is 1. The van der Waals surface area contributed by atoms with Gasteiger partial charge in [-0.2, -0.15) is 0 Å². The lowest BCUT2D eigenvalue weighted by Gasteiger charge is -2.36. The fourth-order valence-corrected chi connectivity index (χ4v) is 6.87. The van der Waals surface area contributed by atoms with Crippen molar-refractivity contribution >= 4 is 38.5 Å². The van der Waals surface area contributed by atoms with Crippen LogP contribution in [0.4, 0.5) is 5.69 Å². The van der Waals surface area contributed by atoms with Crippen molar-refractivity contribution in [1.82, 2.24) is 0 Å². The zero-order chi connectivity index (χ0) is 23.4. The van der Waals surface area contributed by atoms with E-state index in [0.29, 0.717) is 22.2 Å². The number of sulfonamides is 1. The van der Waals surface area contributed by atoms with E-state index in [-0.39, 0.29) is 5.92 Å². The van der Waals surface area contributed by atoms with Gasteiger partial charge in [-0.15, -0.1) is 0 Å². The van der Waals surface area contributed by atoms with Gasteiger partial charge in [-0.1, -0.05) is 83.9 Å². The van der Waals surface area contributed by atoms with E-state index in [4.69, 9.17) is 11.6 Å². The van der Waals surface area contributed by atoms with Crippen LogP contribution < -0.4 is 4.31 Å². The van der Waals surface area contributed by atoms with E-state index in [9.17, 15) is 8.42 Å². The Morgan fingerprint density at radius 2 is 1.53 bits per heavy atom. The predicted octanol–water partition coefficient (Wildman–Crippen LogP) is 6.91. The van der Waals surface area contributed by atoms with Crippen LogP contribution in [0.2, 0.25) is 5.02 Å². The molecule has 1 atom stereocenters. The molecule has 4 aromatic rings. The first-order valence-electron chi connectivity index (χ1n) is 11.2. The second-order valence-electron chi connectivity index (χ2n) is 8.81. The Hall–Kier alpha value is -3.34. The standard InChI is InChI=1S/C29H22ClNO2S/c1-19-11-14-22(15-12-19)34(32,33)31-18-26-23-16-13-21(30)17-25(23)28(20-7-3-2-4-8-20)29(26)24-9-5-6-10-27(24)31/h2-17,26H,18H2,1H3. The zero-order valence-corrected chi connectivity index (χ0v) is 20.1. The molecule has 0 saturated carbocycles. The van der Waals surface area contributed by atoms with E-state index in [0.717, 1.165) is 39.0 Å². The van der Waals surface area contributed by atoms with Crippen LogP contribution in [0, 0.1) is 6.92 Å². The number of aryl methyl sites for hydroxylation is 1. The Morgan fingerprint density at radius 1 is 0.824 bits per heavy atom. The molecule has 1 heterocycles. The summed E-state index contributed by atoms with van der Waals surface area (Å²) in [6.45, 7) is 2.29. The predicted molar refractivity (Wildman–Crippen MR) is 139 cm³/mol. The minimum atomic E-state index is -3.74. The highest BCUT2D eigenvalue weighted by atomic mass is 35.5. The van der Waals surface area contributed by atoms with Crippen molar-refractivity contribution in [3.63, 3.8) is 0 Å². The summed E-state index contributed by atoms with van der Waals surface area (Å²) in [5, 5.41) is 0.670. The summed E-state index contributed by atoms with van der Waals surface area (Å²) in [4.78, 5) is 0.304. The Balaban J connectivity index is 1.62. The summed E-state index contributed by atoms with van der Waals surface area (Å²) in [5.74, 6) is -0.0856. The Bertz CT molecular complexity index is 1560. The van der Waals surface area contributed by atoms with Crippen molar-refractivity contribution in [3.05, 3.63) is 130 Å². The monoisotopic (exact) mass is 483 g/mol. The molecule has 0 radical (unpaired) electrons. The molecule has 34 heavy (non-hydrogen) atoms. The van der Waals surface area contributed by atoms with E-state index in [1.807, 2.05) is 79.7 Å². The molecular formula is C29H22ClNO2S. The maximum atomic E-state index is 13.9. The van der Waals surface area contributed by atoms with Gasteiger partial charge in [0.25, 0.3) is 10.0 Å². The third-order valence-corrected chi connectivity index (χ3v) is 8.79. The second-order valence-corrected chi connectivity index (χ2v) is 11.1. The van der Waals surface area contributed by atoms with Gasteiger partial charge < -0.3 is 0 Å². The number of rotatable bonds is 3. The van der Waals surface area contributed by atoms with Crippen LogP contribution in [-0.4, -0.2) is 15.0 Å². The molecular weight excluding hydrogens is 462 g/mol. The first-order valence-corrected chi connectivity index (χ1v) is 13.0. The Morgan fingerprint density at radius 3 is 2.29 bits per heavy atom. The first kappa shape index (κ1) is 21.2. The van der Waals surface area contributed by atoms with Gasteiger partial charge in [-0.05, 0) is 65.1 Å². The van der Waals surface area contributed by atoms with E-state index in [1.165, 1.54) is 0 Å². The molecule has 6 rings (SSSR count). The molecule has 0 aromatic heterocycles. The molecule has 0 saturated heterocycles. The van der Waals surface area contributed by atoms with Crippen LogP contribution in [0.25, 0.3) is 11.1 Å². The summed E-state index contributed by atoms with van der Waals surface area (Å²) in [7, 11) is -3.74. The van der Waals surface area contributed by atoms with Crippen molar-refractivity contribution in [2.24, 2.45) is 0 Å². The average molecular weight is 484 g/mol. The molecule has 1 aliphatic heterocycles. The molecule has 0 fully saturated rings. The van der Waals surface area contributed by atoms with E-state index in [1.54, 1.807) is 16.4 Å². The maximum Gasteiger partial charge on any atom is 0.264 e. The van der Waals surface area contributed by atoms with Crippen molar-refractivity contribution in [2.45, 2.75) is 17.7 Å². The van der Waals surface area contributed by atoms with Gasteiger partial charge in [-0.3, -0.25) is 4.31 Å². The molecule has 2 aliphatic rings. The second kappa shape index (κ2) is 7.86. The molecule has 0 amide bonds. The topological polar surface area (TPSA) is 37.4 Å². The van der Waals surface area contributed by atoms with E-state index < -0.39 is 10.0 Å². The lowest BCUT2D eigenvalue weighted by atomic mass is 9.85. The van der Waals surface area contributed by atoms with Crippen LogP contribution in [0.5, 0.6) is 0 Å². The number of hydrogen-bond acceptors (Lipinski definition) is 2. The molecule has 168 valence electrons. The molecule has 0 bridgehead atoms. The molecule has 3 nitrogen and oxygen atoms in total. The minimum absolute atomic E-state index is 0.0856. The number of hydrogen-bond donors (Lipinski definition) is 0. The van der Waals surface area contributed by atoms with Crippen molar-refractivity contribution in [3.8, 4) is 0 Å². The highest BCUT2D eigenvalue weighted by molar-refractivity contribution is 7.92. The molecule has 0 N–H and O–H groups in total. The first-order chi connectivity index (χ1) is 16.4. The Kier molecular flexibility index (Phi) is 4.91. The average Bonchev–Trinajstić information content (AvgIpc) is 3.18. The summed E-state index contributed by atoms with van der Waals surface area (Å²) >= 11 is 6.44. The molecule has 1 unspecified atom stereocenters.